The summed E-state index contributed by atoms with van der Waals surface area (Å²) in [6.07, 6.45) is 0. The Morgan fingerprint density at radius 2 is 2.20 bits per heavy atom. The highest BCUT2D eigenvalue weighted by atomic mass is 32.2. The van der Waals surface area contributed by atoms with E-state index in [0.717, 1.165) is 28.4 Å². The van der Waals surface area contributed by atoms with Gasteiger partial charge in [-0.25, -0.2) is 4.98 Å². The van der Waals surface area contributed by atoms with E-state index in [0.29, 0.717) is 5.16 Å². The second kappa shape index (κ2) is 5.54. The quantitative estimate of drug-likeness (QED) is 0.815. The molecule has 1 unspecified atom stereocenters. The molecule has 0 aliphatic carbocycles. The molecule has 2 rings (SSSR count). The maximum absolute atomic E-state index is 11.5. The van der Waals surface area contributed by atoms with Crippen molar-refractivity contribution in [3.63, 3.8) is 0 Å². The number of primary amides is 1. The molecule has 0 radical (unpaired) electrons. The van der Waals surface area contributed by atoms with E-state index in [1.54, 1.807) is 11.5 Å². The smallest absolute Gasteiger partial charge is 0.313 e. The summed E-state index contributed by atoms with van der Waals surface area (Å²) >= 11 is 1.08. The average Bonchev–Trinajstić information content (AvgIpc) is 2.75. The SMILES string of the molecule is Cc1cccc2nc(SCC(=O)O)n(C(C)C(N)=O)c12. The van der Waals surface area contributed by atoms with Gasteiger partial charge in [0.15, 0.2) is 5.16 Å². The molecular formula is C13H15N3O3S. The van der Waals surface area contributed by atoms with Gasteiger partial charge in [-0.15, -0.1) is 0 Å². The minimum Gasteiger partial charge on any atom is -0.481 e. The Morgan fingerprint density at radius 3 is 2.80 bits per heavy atom. The zero-order valence-corrected chi connectivity index (χ0v) is 12.0. The molecule has 0 saturated heterocycles. The number of rotatable bonds is 5. The molecule has 0 spiro atoms. The van der Waals surface area contributed by atoms with Crippen molar-refractivity contribution in [3.05, 3.63) is 23.8 Å². The number of carbonyl (C=O) groups excluding carboxylic acids is 1. The lowest BCUT2D eigenvalue weighted by molar-refractivity contribution is -0.133. The number of nitrogens with zero attached hydrogens (tertiary/aromatic N) is 2. The molecule has 1 aromatic carbocycles. The first-order chi connectivity index (χ1) is 9.41. The van der Waals surface area contributed by atoms with Crippen LogP contribution < -0.4 is 5.73 Å². The van der Waals surface area contributed by atoms with E-state index in [1.807, 2.05) is 25.1 Å². The summed E-state index contributed by atoms with van der Waals surface area (Å²) in [5.41, 5.74) is 7.88. The molecule has 0 bridgehead atoms. The molecule has 0 aliphatic heterocycles. The van der Waals surface area contributed by atoms with Crippen LogP contribution in [0.4, 0.5) is 0 Å². The van der Waals surface area contributed by atoms with Crippen LogP contribution >= 0.6 is 11.8 Å². The average molecular weight is 293 g/mol. The Balaban J connectivity index is 2.60. The summed E-state index contributed by atoms with van der Waals surface area (Å²) in [5.74, 6) is -1.53. The van der Waals surface area contributed by atoms with Crippen molar-refractivity contribution in [1.82, 2.24) is 9.55 Å². The van der Waals surface area contributed by atoms with Crippen LogP contribution in [0.25, 0.3) is 11.0 Å². The van der Waals surface area contributed by atoms with Gasteiger partial charge in [-0.1, -0.05) is 23.9 Å². The number of carboxylic acid groups (broad SMARTS) is 1. The molecule has 20 heavy (non-hydrogen) atoms. The Bertz CT molecular complexity index is 681. The van der Waals surface area contributed by atoms with Crippen LogP contribution in [-0.2, 0) is 9.59 Å². The fraction of sp³-hybridized carbons (Fsp3) is 0.308. The van der Waals surface area contributed by atoms with Gasteiger partial charge in [0, 0.05) is 0 Å². The van der Waals surface area contributed by atoms with Crippen LogP contribution in [0.1, 0.15) is 18.5 Å². The third-order valence-electron chi connectivity index (χ3n) is 3.00. The normalized spacial score (nSPS) is 12.5. The van der Waals surface area contributed by atoms with Crippen molar-refractivity contribution in [2.24, 2.45) is 5.73 Å². The van der Waals surface area contributed by atoms with E-state index in [9.17, 15) is 9.59 Å². The van der Waals surface area contributed by atoms with Gasteiger partial charge < -0.3 is 15.4 Å². The molecule has 0 saturated carbocycles. The van der Waals surface area contributed by atoms with Gasteiger partial charge in [0.25, 0.3) is 0 Å². The van der Waals surface area contributed by atoms with Gasteiger partial charge in [0.2, 0.25) is 5.91 Å². The number of aromatic nitrogens is 2. The zero-order valence-electron chi connectivity index (χ0n) is 11.2. The van der Waals surface area contributed by atoms with E-state index in [1.165, 1.54) is 0 Å². The predicted octanol–water partition coefficient (Wildman–Crippen LogP) is 1.57. The highest BCUT2D eigenvalue weighted by Crippen LogP contribution is 2.29. The standard InChI is InChI=1S/C13H15N3O3S/c1-7-4-3-5-9-11(7)16(8(2)12(14)19)13(15-9)20-6-10(17)18/h3-5,8H,6H2,1-2H3,(H2,14,19)(H,17,18). The minimum absolute atomic E-state index is 0.117. The first-order valence-corrected chi connectivity index (χ1v) is 7.02. The maximum Gasteiger partial charge on any atom is 0.313 e. The maximum atomic E-state index is 11.5. The Morgan fingerprint density at radius 1 is 1.50 bits per heavy atom. The second-order valence-electron chi connectivity index (χ2n) is 4.47. The van der Waals surface area contributed by atoms with Crippen LogP contribution in [-0.4, -0.2) is 32.3 Å². The largest absolute Gasteiger partial charge is 0.481 e. The molecule has 1 heterocycles. The summed E-state index contributed by atoms with van der Waals surface area (Å²) in [7, 11) is 0. The van der Waals surface area contributed by atoms with Gasteiger partial charge in [-0.3, -0.25) is 9.59 Å². The Hall–Kier alpha value is -2.02. The lowest BCUT2D eigenvalue weighted by Gasteiger charge is -2.14. The molecule has 1 aromatic heterocycles. The van der Waals surface area contributed by atoms with Crippen molar-refractivity contribution < 1.29 is 14.7 Å². The van der Waals surface area contributed by atoms with Gasteiger partial charge in [0.1, 0.15) is 6.04 Å². The third-order valence-corrected chi connectivity index (χ3v) is 3.94. The van der Waals surface area contributed by atoms with E-state index >= 15 is 0 Å². The molecule has 106 valence electrons. The lowest BCUT2D eigenvalue weighted by atomic mass is 10.2. The highest BCUT2D eigenvalue weighted by molar-refractivity contribution is 7.99. The van der Waals surface area contributed by atoms with E-state index in [-0.39, 0.29) is 5.75 Å². The number of nitrogens with two attached hydrogens (primary N) is 1. The number of benzene rings is 1. The Kier molecular flexibility index (Phi) is 3.99. The number of fused-ring (bicyclic) bond motifs is 1. The lowest BCUT2D eigenvalue weighted by Crippen LogP contribution is -2.24. The van der Waals surface area contributed by atoms with Crippen LogP contribution in [0.5, 0.6) is 0 Å². The van der Waals surface area contributed by atoms with Gasteiger partial charge in [-0.2, -0.15) is 0 Å². The van der Waals surface area contributed by atoms with Crippen LogP contribution in [0.15, 0.2) is 23.4 Å². The fourth-order valence-electron chi connectivity index (χ4n) is 2.01. The van der Waals surface area contributed by atoms with E-state index in [4.69, 9.17) is 10.8 Å². The number of carboxylic acids is 1. The van der Waals surface area contributed by atoms with Gasteiger partial charge in [0.05, 0.1) is 16.8 Å². The number of aryl methyl sites for hydroxylation is 1. The highest BCUT2D eigenvalue weighted by Gasteiger charge is 2.21. The second-order valence-corrected chi connectivity index (χ2v) is 5.41. The van der Waals surface area contributed by atoms with Crippen LogP contribution in [0.2, 0.25) is 0 Å². The number of imidazole rings is 1. The minimum atomic E-state index is -0.933. The summed E-state index contributed by atoms with van der Waals surface area (Å²) in [6.45, 7) is 3.60. The third kappa shape index (κ3) is 2.62. The molecule has 7 heteroatoms. The first-order valence-electron chi connectivity index (χ1n) is 6.03. The fourth-order valence-corrected chi connectivity index (χ4v) is 2.82. The van der Waals surface area contributed by atoms with Crippen molar-refractivity contribution in [1.29, 1.82) is 0 Å². The van der Waals surface area contributed by atoms with E-state index in [2.05, 4.69) is 4.98 Å². The Labute approximate surface area is 120 Å². The van der Waals surface area contributed by atoms with Crippen molar-refractivity contribution in [3.8, 4) is 0 Å². The molecule has 1 atom stereocenters. The first kappa shape index (κ1) is 14.4. The summed E-state index contributed by atoms with van der Waals surface area (Å²) in [6, 6.07) is 5.03. The molecule has 0 fully saturated rings. The predicted molar refractivity (Wildman–Crippen MR) is 76.7 cm³/mol. The van der Waals surface area contributed by atoms with Gasteiger partial charge >= 0.3 is 5.97 Å². The van der Waals surface area contributed by atoms with Crippen LogP contribution in [0.3, 0.4) is 0 Å². The number of para-hydroxylation sites is 1. The zero-order chi connectivity index (χ0) is 14.9. The number of hydrogen-bond acceptors (Lipinski definition) is 4. The summed E-state index contributed by atoms with van der Waals surface area (Å²) in [4.78, 5) is 26.6. The van der Waals surface area contributed by atoms with Crippen molar-refractivity contribution in [2.45, 2.75) is 25.0 Å². The number of aliphatic carboxylic acids is 1. The number of amides is 1. The number of hydrogen-bond donors (Lipinski definition) is 2. The summed E-state index contributed by atoms with van der Waals surface area (Å²) < 4.78 is 1.71. The van der Waals surface area contributed by atoms with Crippen LogP contribution in [0, 0.1) is 6.92 Å². The molecular weight excluding hydrogens is 278 g/mol. The molecule has 0 aliphatic rings. The number of thioether (sulfide) groups is 1. The van der Waals surface area contributed by atoms with Crippen molar-refractivity contribution in [2.75, 3.05) is 5.75 Å². The topological polar surface area (TPSA) is 98.2 Å². The number of carbonyl (C=O) groups is 2. The molecule has 2 aromatic rings. The molecule has 6 nitrogen and oxygen atoms in total. The monoisotopic (exact) mass is 293 g/mol. The molecule has 3 N–H and O–H groups in total. The van der Waals surface area contributed by atoms with Gasteiger partial charge in [-0.05, 0) is 25.5 Å². The summed E-state index contributed by atoms with van der Waals surface area (Å²) in [5, 5.41) is 9.28. The van der Waals surface area contributed by atoms with E-state index < -0.39 is 17.9 Å². The molecule has 1 amide bonds. The van der Waals surface area contributed by atoms with Crippen molar-refractivity contribution >= 4 is 34.7 Å².